The van der Waals surface area contributed by atoms with Crippen LogP contribution in [0.4, 0.5) is 0 Å². The molecule has 0 aliphatic carbocycles. The Morgan fingerprint density at radius 1 is 0.706 bits per heavy atom. The molecule has 1 fully saturated rings. The number of rotatable bonds is 6. The second-order valence-corrected chi connectivity index (χ2v) is 8.35. The fourth-order valence-electron chi connectivity index (χ4n) is 3.94. The third kappa shape index (κ3) is 4.83. The van der Waals surface area contributed by atoms with Crippen LogP contribution in [0.25, 0.3) is 21.9 Å². The highest BCUT2D eigenvalue weighted by Crippen LogP contribution is 2.24. The number of hydrogen-bond acceptors (Lipinski definition) is 8. The first-order valence-electron chi connectivity index (χ1n) is 11.0. The highest BCUT2D eigenvalue weighted by Gasteiger charge is 2.23. The number of aryl methyl sites for hydroxylation is 2. The predicted molar refractivity (Wildman–Crippen MR) is 125 cm³/mol. The van der Waals surface area contributed by atoms with Gasteiger partial charge in [0.1, 0.15) is 48.1 Å². The molecule has 2 aromatic carbocycles. The first kappa shape index (κ1) is 22.2. The van der Waals surface area contributed by atoms with Crippen LogP contribution < -0.4 is 20.7 Å². The topological polar surface area (TPSA) is 97.3 Å². The molecule has 5 rings (SSSR count). The summed E-state index contributed by atoms with van der Waals surface area (Å²) in [5.41, 5.74) is 1.93. The molecule has 0 bridgehead atoms. The van der Waals surface area contributed by atoms with Crippen LogP contribution in [0.2, 0.25) is 0 Å². The van der Waals surface area contributed by atoms with Crippen LogP contribution in [0.1, 0.15) is 11.1 Å². The van der Waals surface area contributed by atoms with E-state index < -0.39 is 0 Å². The van der Waals surface area contributed by atoms with Gasteiger partial charge in [0.15, 0.2) is 0 Å². The lowest BCUT2D eigenvalue weighted by Gasteiger charge is -2.29. The van der Waals surface area contributed by atoms with E-state index in [1.54, 1.807) is 12.1 Å². The molecule has 4 aromatic rings. The lowest BCUT2D eigenvalue weighted by molar-refractivity contribution is -0.150. The Balaban J connectivity index is 1.12. The van der Waals surface area contributed by atoms with Gasteiger partial charge in [0, 0.05) is 35.0 Å². The Morgan fingerprint density at radius 2 is 1.15 bits per heavy atom. The van der Waals surface area contributed by atoms with Crippen LogP contribution in [0.15, 0.2) is 67.0 Å². The number of ether oxygens (including phenoxy) is 4. The van der Waals surface area contributed by atoms with E-state index in [4.69, 9.17) is 27.8 Å². The van der Waals surface area contributed by atoms with Crippen molar-refractivity contribution in [3.63, 3.8) is 0 Å². The van der Waals surface area contributed by atoms with Crippen molar-refractivity contribution in [1.29, 1.82) is 0 Å². The molecule has 176 valence electrons. The highest BCUT2D eigenvalue weighted by molar-refractivity contribution is 5.81. The van der Waals surface area contributed by atoms with Gasteiger partial charge in [-0.25, -0.2) is 9.59 Å². The summed E-state index contributed by atoms with van der Waals surface area (Å²) in [5, 5.41) is 1.74. The zero-order chi connectivity index (χ0) is 23.7. The van der Waals surface area contributed by atoms with E-state index in [1.165, 1.54) is 12.1 Å². The zero-order valence-electron chi connectivity index (χ0n) is 18.9. The van der Waals surface area contributed by atoms with E-state index in [0.29, 0.717) is 49.1 Å². The minimum Gasteiger partial charge on any atom is -0.491 e. The maximum atomic E-state index is 11.6. The molecule has 0 radical (unpaired) electrons. The van der Waals surface area contributed by atoms with Gasteiger partial charge in [-0.2, -0.15) is 0 Å². The lowest BCUT2D eigenvalue weighted by atomic mass is 10.1. The smallest absolute Gasteiger partial charge is 0.336 e. The standard InChI is InChI=1S/C26H24O8/c1-15-7-25(27)33-23-9-17(3-5-21(15)23)29-11-19-13-32-20(14-31-19)12-30-18-4-6-22-16(2)8-26(28)34-24(22)10-18/h3-10,19-20H,11-14H2,1-2H3/t19-,20-/m1/s1. The summed E-state index contributed by atoms with van der Waals surface area (Å²) in [6, 6.07) is 13.8. The molecule has 0 amide bonds. The summed E-state index contributed by atoms with van der Waals surface area (Å²) in [7, 11) is 0. The quantitative estimate of drug-likeness (QED) is 0.398. The summed E-state index contributed by atoms with van der Waals surface area (Å²) in [6.45, 7) is 5.07. The van der Waals surface area contributed by atoms with Crippen LogP contribution in [0.3, 0.4) is 0 Å². The Morgan fingerprint density at radius 3 is 1.56 bits per heavy atom. The molecular formula is C26H24O8. The van der Waals surface area contributed by atoms with Crippen molar-refractivity contribution in [2.75, 3.05) is 26.4 Å². The van der Waals surface area contributed by atoms with Crippen molar-refractivity contribution in [2.45, 2.75) is 26.1 Å². The van der Waals surface area contributed by atoms with Crippen LogP contribution in [0, 0.1) is 13.8 Å². The number of benzene rings is 2. The van der Waals surface area contributed by atoms with Gasteiger partial charge >= 0.3 is 11.3 Å². The molecule has 1 aliphatic heterocycles. The van der Waals surface area contributed by atoms with E-state index in [0.717, 1.165) is 21.9 Å². The molecule has 0 unspecified atom stereocenters. The van der Waals surface area contributed by atoms with Crippen molar-refractivity contribution in [3.05, 3.63) is 80.5 Å². The molecule has 0 spiro atoms. The SMILES string of the molecule is Cc1cc(=O)oc2cc(OC[C@@H]3CO[C@H](COc4ccc5c(C)cc(=O)oc5c4)CO3)ccc12. The Hall–Kier alpha value is -3.62. The van der Waals surface area contributed by atoms with Crippen LogP contribution in [-0.4, -0.2) is 38.6 Å². The third-order valence-electron chi connectivity index (χ3n) is 5.75. The van der Waals surface area contributed by atoms with Gasteiger partial charge in [-0.05, 0) is 49.2 Å². The maximum absolute atomic E-state index is 11.6. The lowest BCUT2D eigenvalue weighted by Crippen LogP contribution is -2.41. The average molecular weight is 464 g/mol. The minimum absolute atomic E-state index is 0.227. The van der Waals surface area contributed by atoms with Crippen molar-refractivity contribution >= 4 is 21.9 Å². The Bertz CT molecular complexity index is 1330. The first-order valence-corrected chi connectivity index (χ1v) is 11.0. The third-order valence-corrected chi connectivity index (χ3v) is 5.75. The number of hydrogen-bond donors (Lipinski definition) is 0. The molecule has 1 aliphatic rings. The maximum Gasteiger partial charge on any atom is 0.336 e. The minimum atomic E-state index is -0.386. The molecule has 0 saturated carbocycles. The first-order chi connectivity index (χ1) is 16.4. The summed E-state index contributed by atoms with van der Waals surface area (Å²) >= 11 is 0. The largest absolute Gasteiger partial charge is 0.491 e. The molecule has 8 nitrogen and oxygen atoms in total. The van der Waals surface area contributed by atoms with Gasteiger partial charge in [-0.1, -0.05) is 0 Å². The van der Waals surface area contributed by atoms with Gasteiger partial charge in [0.2, 0.25) is 0 Å². The molecule has 2 aromatic heterocycles. The van der Waals surface area contributed by atoms with Gasteiger partial charge in [-0.15, -0.1) is 0 Å². The highest BCUT2D eigenvalue weighted by atomic mass is 16.6. The molecule has 0 N–H and O–H groups in total. The summed E-state index contributed by atoms with van der Waals surface area (Å²) < 4.78 is 33.9. The van der Waals surface area contributed by atoms with Crippen molar-refractivity contribution in [3.8, 4) is 11.5 Å². The van der Waals surface area contributed by atoms with Gasteiger partial charge < -0.3 is 27.8 Å². The normalized spacial score (nSPS) is 18.3. The van der Waals surface area contributed by atoms with E-state index in [1.807, 2.05) is 38.1 Å². The second-order valence-electron chi connectivity index (χ2n) is 8.35. The molecule has 2 atom stereocenters. The second kappa shape index (κ2) is 9.32. The number of fused-ring (bicyclic) bond motifs is 2. The molecule has 34 heavy (non-hydrogen) atoms. The van der Waals surface area contributed by atoms with Crippen molar-refractivity contribution in [2.24, 2.45) is 0 Å². The summed E-state index contributed by atoms with van der Waals surface area (Å²) in [4.78, 5) is 23.2. The summed E-state index contributed by atoms with van der Waals surface area (Å²) in [6.07, 6.45) is -0.455. The van der Waals surface area contributed by atoms with Gasteiger partial charge in [-0.3, -0.25) is 0 Å². The average Bonchev–Trinajstić information content (AvgIpc) is 2.81. The van der Waals surface area contributed by atoms with E-state index in [9.17, 15) is 9.59 Å². The molecule has 1 saturated heterocycles. The molecular weight excluding hydrogens is 440 g/mol. The fraction of sp³-hybridized carbons (Fsp3) is 0.308. The zero-order valence-corrected chi connectivity index (χ0v) is 18.9. The predicted octanol–water partition coefficient (Wildman–Crippen LogP) is 3.76. The van der Waals surface area contributed by atoms with Crippen LogP contribution >= 0.6 is 0 Å². The van der Waals surface area contributed by atoms with Gasteiger partial charge in [0.25, 0.3) is 0 Å². The fourth-order valence-corrected chi connectivity index (χ4v) is 3.94. The van der Waals surface area contributed by atoms with Crippen molar-refractivity contribution < 1.29 is 27.8 Å². The Labute approximate surface area is 194 Å². The van der Waals surface area contributed by atoms with Gasteiger partial charge in [0.05, 0.1) is 13.2 Å². The monoisotopic (exact) mass is 464 g/mol. The van der Waals surface area contributed by atoms with Crippen molar-refractivity contribution in [1.82, 2.24) is 0 Å². The van der Waals surface area contributed by atoms with Crippen LogP contribution in [0.5, 0.6) is 11.5 Å². The molecule has 8 heteroatoms. The Kier molecular flexibility index (Phi) is 6.08. The van der Waals surface area contributed by atoms with E-state index in [2.05, 4.69) is 0 Å². The summed E-state index contributed by atoms with van der Waals surface area (Å²) in [5.74, 6) is 1.18. The van der Waals surface area contributed by atoms with Crippen LogP contribution in [-0.2, 0) is 9.47 Å². The van der Waals surface area contributed by atoms with E-state index >= 15 is 0 Å². The van der Waals surface area contributed by atoms with E-state index in [-0.39, 0.29) is 23.5 Å². The molecule has 3 heterocycles.